The lowest BCUT2D eigenvalue weighted by Crippen LogP contribution is -2.60. The topological polar surface area (TPSA) is 189 Å². The maximum atomic E-state index is 13.2. The van der Waals surface area contributed by atoms with Crippen molar-refractivity contribution in [3.8, 4) is 0 Å². The van der Waals surface area contributed by atoms with Gasteiger partial charge in [-0.1, -0.05) is 316 Å². The number of nitrogens with one attached hydrogen (secondary N) is 1. The van der Waals surface area contributed by atoms with Gasteiger partial charge in [-0.2, -0.15) is 0 Å². The van der Waals surface area contributed by atoms with Crippen molar-refractivity contribution in [2.45, 2.75) is 384 Å². The molecule has 9 unspecified atom stereocenters. The van der Waals surface area contributed by atoms with Gasteiger partial charge in [-0.25, -0.2) is 0 Å². The maximum absolute atomic E-state index is 13.2. The first-order valence-electron chi connectivity index (χ1n) is 32.4. The van der Waals surface area contributed by atoms with Gasteiger partial charge in [0.05, 0.1) is 25.4 Å². The van der Waals surface area contributed by atoms with E-state index in [1.54, 1.807) is 0 Å². The van der Waals surface area contributed by atoms with E-state index >= 15 is 0 Å². The molecule has 1 aliphatic rings. The SMILES string of the molecule is CCCCCCCCCCCCCCCCCCCCCCCCCCCCC(O)C(=O)NC(COC1OC(CO)C(O)C(O)C1O)C(O)C(O)CCCCCCCCCCCCCCCCCCCCCCC. The molecule has 442 valence electrons. The van der Waals surface area contributed by atoms with Crippen LogP contribution in [0, 0.1) is 0 Å². The molecular weight excluding hydrogens is 931 g/mol. The van der Waals surface area contributed by atoms with Gasteiger partial charge in [0.25, 0.3) is 0 Å². The number of aliphatic hydroxyl groups is 7. The average Bonchev–Trinajstić information content (AvgIpc) is 3.40. The Kier molecular flexibility index (Phi) is 50.7. The zero-order valence-corrected chi connectivity index (χ0v) is 48.6. The summed E-state index contributed by atoms with van der Waals surface area (Å²) in [6.45, 7) is 3.52. The van der Waals surface area contributed by atoms with E-state index in [2.05, 4.69) is 19.2 Å². The highest BCUT2D eigenvalue weighted by atomic mass is 16.7. The van der Waals surface area contributed by atoms with Crippen molar-refractivity contribution in [2.75, 3.05) is 13.2 Å². The molecule has 1 fully saturated rings. The van der Waals surface area contributed by atoms with Crippen LogP contribution in [0.1, 0.15) is 328 Å². The number of aliphatic hydroxyl groups excluding tert-OH is 7. The Morgan fingerprint density at radius 3 is 1.00 bits per heavy atom. The second-order valence-electron chi connectivity index (χ2n) is 23.2. The molecule has 0 saturated carbocycles. The summed E-state index contributed by atoms with van der Waals surface area (Å²) in [6, 6.07) is -1.16. The van der Waals surface area contributed by atoms with Crippen LogP contribution >= 0.6 is 0 Å². The summed E-state index contributed by atoms with van der Waals surface area (Å²) in [4.78, 5) is 13.2. The predicted octanol–water partition coefficient (Wildman–Crippen LogP) is 14.5. The molecule has 9 atom stereocenters. The van der Waals surface area contributed by atoms with Crippen molar-refractivity contribution in [3.63, 3.8) is 0 Å². The number of hydrogen-bond donors (Lipinski definition) is 8. The van der Waals surface area contributed by atoms with Crippen molar-refractivity contribution in [2.24, 2.45) is 0 Å². The summed E-state index contributed by atoms with van der Waals surface area (Å²) in [5, 5.41) is 76.4. The van der Waals surface area contributed by atoms with Crippen LogP contribution in [0.15, 0.2) is 0 Å². The molecule has 0 aromatic carbocycles. The highest BCUT2D eigenvalue weighted by molar-refractivity contribution is 5.80. The summed E-state index contributed by atoms with van der Waals surface area (Å²) < 4.78 is 11.2. The van der Waals surface area contributed by atoms with Crippen LogP contribution in [-0.2, 0) is 14.3 Å². The Morgan fingerprint density at radius 1 is 0.419 bits per heavy atom. The van der Waals surface area contributed by atoms with E-state index in [0.29, 0.717) is 19.3 Å². The van der Waals surface area contributed by atoms with Crippen LogP contribution in [-0.4, -0.2) is 110 Å². The molecule has 8 N–H and O–H groups in total. The Bertz CT molecular complexity index is 1160. The average molecular weight is 1060 g/mol. The molecule has 0 bridgehead atoms. The van der Waals surface area contributed by atoms with Crippen molar-refractivity contribution >= 4 is 5.91 Å². The van der Waals surface area contributed by atoms with E-state index in [0.717, 1.165) is 38.5 Å². The largest absolute Gasteiger partial charge is 0.394 e. The second kappa shape index (κ2) is 52.8. The molecule has 1 saturated heterocycles. The predicted molar refractivity (Wildman–Crippen MR) is 307 cm³/mol. The molecule has 0 radical (unpaired) electrons. The minimum absolute atomic E-state index is 0.267. The molecule has 0 aromatic heterocycles. The van der Waals surface area contributed by atoms with E-state index in [1.165, 1.54) is 250 Å². The molecule has 1 aliphatic heterocycles. The third kappa shape index (κ3) is 40.3. The van der Waals surface area contributed by atoms with E-state index in [1.807, 2.05) is 0 Å². The quantitative estimate of drug-likeness (QED) is 0.0272. The fourth-order valence-electron chi connectivity index (χ4n) is 10.9. The van der Waals surface area contributed by atoms with Gasteiger partial charge in [0, 0.05) is 0 Å². The monoisotopic (exact) mass is 1060 g/mol. The summed E-state index contributed by atoms with van der Waals surface area (Å²) in [5.41, 5.74) is 0. The third-order valence-corrected chi connectivity index (χ3v) is 16.2. The van der Waals surface area contributed by atoms with Crippen molar-refractivity contribution in [1.82, 2.24) is 5.32 Å². The zero-order chi connectivity index (χ0) is 54.0. The lowest BCUT2D eigenvalue weighted by Gasteiger charge is -2.40. The van der Waals surface area contributed by atoms with E-state index in [-0.39, 0.29) is 6.42 Å². The number of rotatable bonds is 57. The fraction of sp³-hybridized carbons (Fsp3) is 0.984. The number of carbonyl (C=O) groups excluding carboxylic acids is 1. The van der Waals surface area contributed by atoms with Crippen LogP contribution in [0.5, 0.6) is 0 Å². The highest BCUT2D eigenvalue weighted by Gasteiger charge is 2.44. The number of ether oxygens (including phenoxy) is 2. The van der Waals surface area contributed by atoms with Gasteiger partial charge in [0.1, 0.15) is 36.6 Å². The summed E-state index contributed by atoms with van der Waals surface area (Å²) >= 11 is 0. The Morgan fingerprint density at radius 2 is 0.703 bits per heavy atom. The molecule has 1 rings (SSSR count). The van der Waals surface area contributed by atoms with Crippen LogP contribution in [0.2, 0.25) is 0 Å². The molecular formula is C63H125NO10. The minimum Gasteiger partial charge on any atom is -0.394 e. The first kappa shape index (κ1) is 71.1. The Hall–Kier alpha value is -0.890. The van der Waals surface area contributed by atoms with Crippen LogP contribution in [0.3, 0.4) is 0 Å². The summed E-state index contributed by atoms with van der Waals surface area (Å²) in [6.07, 6.45) is 50.2. The fourth-order valence-corrected chi connectivity index (χ4v) is 10.9. The lowest BCUT2D eigenvalue weighted by atomic mass is 9.98. The molecule has 1 amide bonds. The molecule has 1 heterocycles. The van der Waals surface area contributed by atoms with Gasteiger partial charge >= 0.3 is 0 Å². The number of carbonyl (C=O) groups is 1. The van der Waals surface area contributed by atoms with Crippen molar-refractivity contribution in [1.29, 1.82) is 0 Å². The van der Waals surface area contributed by atoms with E-state index < -0.39 is 74.2 Å². The van der Waals surface area contributed by atoms with Crippen molar-refractivity contribution < 1.29 is 50.0 Å². The summed E-state index contributed by atoms with van der Waals surface area (Å²) in [7, 11) is 0. The smallest absolute Gasteiger partial charge is 0.249 e. The van der Waals surface area contributed by atoms with Gasteiger partial charge in [0.2, 0.25) is 5.91 Å². The van der Waals surface area contributed by atoms with E-state index in [4.69, 9.17) is 9.47 Å². The van der Waals surface area contributed by atoms with Crippen LogP contribution in [0.25, 0.3) is 0 Å². The van der Waals surface area contributed by atoms with Crippen LogP contribution in [0.4, 0.5) is 0 Å². The lowest BCUT2D eigenvalue weighted by molar-refractivity contribution is -0.303. The number of hydrogen-bond acceptors (Lipinski definition) is 10. The first-order chi connectivity index (χ1) is 36.2. The normalized spacial score (nSPS) is 19.7. The Labute approximate surface area is 456 Å². The standard InChI is InChI=1S/C63H125NO10/c1-3-5-7-9-11-13-15-17-19-21-23-25-26-27-28-29-31-33-35-37-39-41-43-45-47-49-51-56(67)62(72)64-54(53-73-63-61(71)60(70)59(69)57(52-65)74-63)58(68)55(66)50-48-46-44-42-40-38-36-34-32-30-24-22-20-18-16-14-12-10-8-6-4-2/h54-61,63,65-71H,3-53H2,1-2H3,(H,64,72). The minimum atomic E-state index is -1.66. The molecule has 11 nitrogen and oxygen atoms in total. The van der Waals surface area contributed by atoms with Crippen molar-refractivity contribution in [3.05, 3.63) is 0 Å². The molecule has 0 spiro atoms. The molecule has 0 aromatic rings. The van der Waals surface area contributed by atoms with Crippen LogP contribution < -0.4 is 5.32 Å². The second-order valence-corrected chi connectivity index (χ2v) is 23.2. The van der Waals surface area contributed by atoms with Gasteiger partial charge in [-0.05, 0) is 12.8 Å². The zero-order valence-electron chi connectivity index (χ0n) is 48.6. The first-order valence-corrected chi connectivity index (χ1v) is 32.4. The Balaban J connectivity index is 2.23. The van der Waals surface area contributed by atoms with Gasteiger partial charge in [-0.15, -0.1) is 0 Å². The van der Waals surface area contributed by atoms with Gasteiger partial charge in [-0.3, -0.25) is 4.79 Å². The maximum Gasteiger partial charge on any atom is 0.249 e. The van der Waals surface area contributed by atoms with Gasteiger partial charge in [0.15, 0.2) is 6.29 Å². The highest BCUT2D eigenvalue weighted by Crippen LogP contribution is 2.24. The number of unbranched alkanes of at least 4 members (excludes halogenated alkanes) is 45. The molecule has 74 heavy (non-hydrogen) atoms. The van der Waals surface area contributed by atoms with E-state index in [9.17, 15) is 40.5 Å². The third-order valence-electron chi connectivity index (χ3n) is 16.2. The molecule has 0 aliphatic carbocycles. The van der Waals surface area contributed by atoms with Gasteiger partial charge < -0.3 is 50.5 Å². The summed E-state index contributed by atoms with van der Waals surface area (Å²) in [5.74, 6) is -0.688. The number of amides is 1. The molecule has 11 heteroatoms.